The van der Waals surface area contributed by atoms with Crippen molar-refractivity contribution in [2.45, 2.75) is 11.4 Å². The van der Waals surface area contributed by atoms with Crippen molar-refractivity contribution in [3.05, 3.63) is 22.8 Å². The Morgan fingerprint density at radius 1 is 1.39 bits per heavy atom. The number of anilines is 1. The van der Waals surface area contributed by atoms with Gasteiger partial charge in [0.1, 0.15) is 29.4 Å². The van der Waals surface area contributed by atoms with Gasteiger partial charge in [0, 0.05) is 11.1 Å². The van der Waals surface area contributed by atoms with Crippen molar-refractivity contribution in [1.29, 1.82) is 0 Å². The van der Waals surface area contributed by atoms with Crippen LogP contribution in [-0.2, 0) is 33.5 Å². The number of carboxylic acid groups (broad SMARTS) is 1. The van der Waals surface area contributed by atoms with Gasteiger partial charge < -0.3 is 25.3 Å². The number of hydrogen-bond donors (Lipinski definition) is 3. The van der Waals surface area contributed by atoms with Crippen LogP contribution in [0.2, 0.25) is 0 Å². The van der Waals surface area contributed by atoms with Gasteiger partial charge in [0.05, 0.1) is 0 Å². The fraction of sp³-hybridized carbons (Fsp3) is 0.312. The van der Waals surface area contributed by atoms with Gasteiger partial charge in [-0.25, -0.2) is 9.78 Å². The van der Waals surface area contributed by atoms with E-state index < -0.39 is 29.2 Å². The number of aliphatic carboxylic acids is 1. The smallest absolute Gasteiger partial charge is 0.352 e. The zero-order valence-electron chi connectivity index (χ0n) is 15.5. The molecular weight excluding hydrogens is 454 g/mol. The number of nitrogens with one attached hydrogen (secondary N) is 2. The summed E-state index contributed by atoms with van der Waals surface area (Å²) in [5, 5.41) is 18.9. The van der Waals surface area contributed by atoms with Crippen LogP contribution in [0.5, 0.6) is 0 Å². The average Bonchev–Trinajstić information content (AvgIpc) is 3.22. The highest BCUT2D eigenvalue weighted by atomic mass is 32.2. The van der Waals surface area contributed by atoms with Crippen molar-refractivity contribution < 1.29 is 38.7 Å². The second kappa shape index (κ2) is 10.0. The van der Waals surface area contributed by atoms with Gasteiger partial charge in [-0.1, -0.05) is 5.16 Å². The molecule has 0 bridgehead atoms. The van der Waals surface area contributed by atoms with Crippen molar-refractivity contribution in [3.63, 3.8) is 0 Å². The number of ether oxygens (including phenoxy) is 1. The lowest BCUT2D eigenvalue weighted by atomic mass is 10.0. The third kappa shape index (κ3) is 4.83. The SMILES string of the molecule is O=CNc1nc(C(=NOCCOC=O)C(=O)NC2C(=O)N3C(C(=O)O)=CCS[C@@H]23)cs1. The summed E-state index contributed by atoms with van der Waals surface area (Å²) in [5.74, 6) is -2.21. The van der Waals surface area contributed by atoms with Crippen LogP contribution in [0.15, 0.2) is 22.3 Å². The van der Waals surface area contributed by atoms with E-state index in [4.69, 9.17) is 4.84 Å². The maximum absolute atomic E-state index is 12.8. The number of carbonyl (C=O) groups excluding carboxylic acids is 4. The summed E-state index contributed by atoms with van der Waals surface area (Å²) in [5.41, 5.74) is -0.327. The predicted octanol–water partition coefficient (Wildman–Crippen LogP) is -1.03. The number of hydrogen-bond acceptors (Lipinski definition) is 11. The Labute approximate surface area is 182 Å². The number of carbonyl (C=O) groups is 5. The molecule has 13 nitrogen and oxygen atoms in total. The van der Waals surface area contributed by atoms with Crippen LogP contribution in [0.25, 0.3) is 0 Å². The highest BCUT2D eigenvalue weighted by Crippen LogP contribution is 2.37. The number of thiazole rings is 1. The molecule has 164 valence electrons. The molecule has 0 spiro atoms. The van der Waals surface area contributed by atoms with Crippen LogP contribution < -0.4 is 10.6 Å². The van der Waals surface area contributed by atoms with E-state index in [0.717, 1.165) is 16.2 Å². The third-order valence-electron chi connectivity index (χ3n) is 4.01. The van der Waals surface area contributed by atoms with Gasteiger partial charge in [-0.15, -0.1) is 23.1 Å². The number of amides is 3. The van der Waals surface area contributed by atoms with E-state index in [-0.39, 0.29) is 41.9 Å². The molecule has 31 heavy (non-hydrogen) atoms. The van der Waals surface area contributed by atoms with Crippen LogP contribution in [0, 0.1) is 0 Å². The molecule has 2 atom stereocenters. The number of nitrogens with zero attached hydrogens (tertiary/aromatic N) is 3. The van der Waals surface area contributed by atoms with Gasteiger partial charge in [-0.2, -0.15) is 0 Å². The second-order valence-corrected chi connectivity index (χ2v) is 7.83. The topological polar surface area (TPSA) is 177 Å². The third-order valence-corrected chi connectivity index (χ3v) is 5.97. The van der Waals surface area contributed by atoms with Crippen molar-refractivity contribution in [2.75, 3.05) is 24.3 Å². The van der Waals surface area contributed by atoms with Crippen molar-refractivity contribution in [2.24, 2.45) is 5.16 Å². The molecule has 15 heteroatoms. The number of rotatable bonds is 11. The Morgan fingerprint density at radius 3 is 2.90 bits per heavy atom. The zero-order valence-corrected chi connectivity index (χ0v) is 17.2. The highest BCUT2D eigenvalue weighted by Gasteiger charge is 2.53. The van der Waals surface area contributed by atoms with E-state index in [1.807, 2.05) is 0 Å². The van der Waals surface area contributed by atoms with Gasteiger partial charge in [0.15, 0.2) is 17.5 Å². The molecule has 2 aliphatic heterocycles. The average molecular weight is 469 g/mol. The maximum atomic E-state index is 12.8. The Kier molecular flexibility index (Phi) is 7.19. The minimum Gasteiger partial charge on any atom is -0.477 e. The molecule has 0 aliphatic carbocycles. The zero-order chi connectivity index (χ0) is 22.4. The first-order valence-corrected chi connectivity index (χ1v) is 10.5. The molecule has 0 radical (unpaired) electrons. The quantitative estimate of drug-likeness (QED) is 0.119. The molecule has 3 amide bonds. The normalized spacial score (nSPS) is 20.0. The van der Waals surface area contributed by atoms with Gasteiger partial charge in [0.25, 0.3) is 18.3 Å². The lowest BCUT2D eigenvalue weighted by Gasteiger charge is -2.48. The summed E-state index contributed by atoms with van der Waals surface area (Å²) in [4.78, 5) is 67.5. The number of oxime groups is 1. The molecule has 3 rings (SSSR count). The van der Waals surface area contributed by atoms with Crippen LogP contribution in [0.3, 0.4) is 0 Å². The van der Waals surface area contributed by atoms with Gasteiger partial charge in [-0.3, -0.25) is 24.1 Å². The number of aromatic nitrogens is 1. The van der Waals surface area contributed by atoms with Crippen LogP contribution >= 0.6 is 23.1 Å². The van der Waals surface area contributed by atoms with Crippen LogP contribution in [0.1, 0.15) is 5.69 Å². The Balaban J connectivity index is 1.74. The lowest BCUT2D eigenvalue weighted by Crippen LogP contribution is -2.70. The fourth-order valence-corrected chi connectivity index (χ4v) is 4.54. The standard InChI is InChI=1S/C16H15N5O8S2/c22-6-17-16-18-8(5-31-16)10(20-29-3-2-28-7-23)12(24)19-11-13(25)21-9(15(26)27)1-4-30-14(11)21/h1,5-7,11,14H,2-4H2,(H,19,24)(H,26,27)(H,17,18,22)/t11?,14-/m0/s1. The summed E-state index contributed by atoms with van der Waals surface area (Å²) in [6, 6.07) is -0.963. The Bertz CT molecular complexity index is 962. The van der Waals surface area contributed by atoms with E-state index in [1.165, 1.54) is 23.2 Å². The summed E-state index contributed by atoms with van der Waals surface area (Å²) in [6.45, 7) is -0.00932. The van der Waals surface area contributed by atoms with Gasteiger partial charge in [-0.05, 0) is 6.08 Å². The Hall–Kier alpha value is -3.46. The largest absolute Gasteiger partial charge is 0.477 e. The van der Waals surface area contributed by atoms with E-state index in [0.29, 0.717) is 12.2 Å². The molecule has 2 aliphatic rings. The highest BCUT2D eigenvalue weighted by molar-refractivity contribution is 8.00. The number of fused-ring (bicyclic) bond motifs is 1. The minimum absolute atomic E-state index is 0.0780. The summed E-state index contributed by atoms with van der Waals surface area (Å²) in [7, 11) is 0. The molecule has 1 unspecified atom stereocenters. The molecule has 3 N–H and O–H groups in total. The second-order valence-electron chi connectivity index (χ2n) is 5.82. The molecule has 1 aromatic heterocycles. The molecule has 0 saturated carbocycles. The first-order chi connectivity index (χ1) is 15.0. The molecule has 1 fully saturated rings. The van der Waals surface area contributed by atoms with Crippen molar-refractivity contribution in [1.82, 2.24) is 15.2 Å². The van der Waals surface area contributed by atoms with E-state index in [2.05, 4.69) is 25.5 Å². The first-order valence-electron chi connectivity index (χ1n) is 8.58. The molecule has 3 heterocycles. The molecule has 1 saturated heterocycles. The number of β-lactam (4-membered cyclic amide) rings is 1. The number of carboxylic acids is 1. The van der Waals surface area contributed by atoms with E-state index in [1.54, 1.807) is 0 Å². The van der Waals surface area contributed by atoms with E-state index in [9.17, 15) is 29.1 Å². The first kappa shape index (κ1) is 22.2. The van der Waals surface area contributed by atoms with Gasteiger partial charge in [0.2, 0.25) is 6.41 Å². The Morgan fingerprint density at radius 2 is 2.19 bits per heavy atom. The van der Waals surface area contributed by atoms with Crippen molar-refractivity contribution in [3.8, 4) is 0 Å². The minimum atomic E-state index is -1.23. The van der Waals surface area contributed by atoms with Crippen molar-refractivity contribution >= 4 is 64.6 Å². The van der Waals surface area contributed by atoms with E-state index >= 15 is 0 Å². The fourth-order valence-electron chi connectivity index (χ4n) is 2.70. The maximum Gasteiger partial charge on any atom is 0.352 e. The summed E-state index contributed by atoms with van der Waals surface area (Å²) < 4.78 is 4.47. The summed E-state index contributed by atoms with van der Waals surface area (Å²) >= 11 is 2.34. The number of thioether (sulfide) groups is 1. The lowest BCUT2D eigenvalue weighted by molar-refractivity contribution is -0.150. The van der Waals surface area contributed by atoms with Crippen LogP contribution in [0.4, 0.5) is 5.13 Å². The predicted molar refractivity (Wildman–Crippen MR) is 107 cm³/mol. The molecule has 0 aromatic carbocycles. The molecule has 1 aromatic rings. The molecular formula is C16H15N5O8S2. The monoisotopic (exact) mass is 469 g/mol. The van der Waals surface area contributed by atoms with Gasteiger partial charge >= 0.3 is 5.97 Å². The van der Waals surface area contributed by atoms with Crippen LogP contribution in [-0.4, -0.2) is 81.8 Å². The summed E-state index contributed by atoms with van der Waals surface area (Å²) in [6.07, 6.45) is 1.85.